The summed E-state index contributed by atoms with van der Waals surface area (Å²) < 4.78 is 13.1. The Morgan fingerprint density at radius 1 is 1.29 bits per heavy atom. The molecule has 0 saturated heterocycles. The highest BCUT2D eigenvalue weighted by molar-refractivity contribution is 5.76. The first-order valence-corrected chi connectivity index (χ1v) is 7.30. The standard InChI is InChI=1S/C15H21FN4O/c16-11-6-7-12-13(9-11)20-14(19-12)10-18-15(21)5-3-1-2-4-8-17/h6-7,9H,1-5,8,10,17H2,(H,18,21)(H,19,20). The molecule has 2 rings (SSSR count). The van der Waals surface area contributed by atoms with E-state index in [9.17, 15) is 9.18 Å². The number of nitrogens with two attached hydrogens (primary N) is 1. The summed E-state index contributed by atoms with van der Waals surface area (Å²) >= 11 is 0. The van der Waals surface area contributed by atoms with Crippen LogP contribution in [-0.4, -0.2) is 22.4 Å². The second kappa shape index (κ2) is 7.73. The normalized spacial score (nSPS) is 11.0. The van der Waals surface area contributed by atoms with Gasteiger partial charge >= 0.3 is 0 Å². The van der Waals surface area contributed by atoms with Crippen molar-refractivity contribution in [3.8, 4) is 0 Å². The van der Waals surface area contributed by atoms with Crippen molar-refractivity contribution < 1.29 is 9.18 Å². The molecule has 0 atom stereocenters. The van der Waals surface area contributed by atoms with Gasteiger partial charge in [0.1, 0.15) is 11.6 Å². The van der Waals surface area contributed by atoms with Crippen molar-refractivity contribution >= 4 is 16.9 Å². The minimum Gasteiger partial charge on any atom is -0.349 e. The topological polar surface area (TPSA) is 83.8 Å². The van der Waals surface area contributed by atoms with Crippen LogP contribution in [0.2, 0.25) is 0 Å². The molecule has 0 aliphatic heterocycles. The average molecular weight is 292 g/mol. The number of carbonyl (C=O) groups excluding carboxylic acids is 1. The largest absolute Gasteiger partial charge is 0.349 e. The third-order valence-electron chi connectivity index (χ3n) is 3.30. The molecule has 1 aromatic carbocycles. The number of carbonyl (C=O) groups is 1. The first-order chi connectivity index (χ1) is 10.2. The summed E-state index contributed by atoms with van der Waals surface area (Å²) in [4.78, 5) is 19.0. The zero-order valence-corrected chi connectivity index (χ0v) is 12.0. The minimum absolute atomic E-state index is 0.00869. The van der Waals surface area contributed by atoms with E-state index in [2.05, 4.69) is 15.3 Å². The average Bonchev–Trinajstić information content (AvgIpc) is 2.87. The van der Waals surface area contributed by atoms with Crippen LogP contribution in [0.25, 0.3) is 11.0 Å². The number of aromatic amines is 1. The maximum atomic E-state index is 13.1. The molecular weight excluding hydrogens is 271 g/mol. The highest BCUT2D eigenvalue weighted by atomic mass is 19.1. The quantitative estimate of drug-likeness (QED) is 0.652. The second-order valence-electron chi connectivity index (χ2n) is 5.07. The van der Waals surface area contributed by atoms with Crippen molar-refractivity contribution in [3.05, 3.63) is 29.8 Å². The van der Waals surface area contributed by atoms with E-state index in [4.69, 9.17) is 5.73 Å². The van der Waals surface area contributed by atoms with Crippen LogP contribution in [0.5, 0.6) is 0 Å². The number of hydrogen-bond acceptors (Lipinski definition) is 3. The second-order valence-corrected chi connectivity index (χ2v) is 5.07. The molecular formula is C15H21FN4O. The molecule has 21 heavy (non-hydrogen) atoms. The number of hydrogen-bond donors (Lipinski definition) is 3. The maximum absolute atomic E-state index is 13.1. The Morgan fingerprint density at radius 2 is 2.10 bits per heavy atom. The summed E-state index contributed by atoms with van der Waals surface area (Å²) in [5.41, 5.74) is 6.75. The number of benzene rings is 1. The lowest BCUT2D eigenvalue weighted by atomic mass is 10.1. The van der Waals surface area contributed by atoms with Gasteiger partial charge in [-0.25, -0.2) is 9.37 Å². The van der Waals surface area contributed by atoms with Crippen LogP contribution >= 0.6 is 0 Å². The number of amides is 1. The Balaban J connectivity index is 1.75. The molecule has 1 aromatic heterocycles. The van der Waals surface area contributed by atoms with E-state index >= 15 is 0 Å². The van der Waals surface area contributed by atoms with Crippen LogP contribution in [0.4, 0.5) is 4.39 Å². The van der Waals surface area contributed by atoms with E-state index in [1.54, 1.807) is 6.07 Å². The van der Waals surface area contributed by atoms with Crippen LogP contribution in [0.15, 0.2) is 18.2 Å². The van der Waals surface area contributed by atoms with Crippen LogP contribution < -0.4 is 11.1 Å². The highest BCUT2D eigenvalue weighted by Gasteiger charge is 2.06. The smallest absolute Gasteiger partial charge is 0.220 e. The fourth-order valence-corrected chi connectivity index (χ4v) is 2.17. The van der Waals surface area contributed by atoms with E-state index in [0.717, 1.165) is 25.7 Å². The predicted octanol–water partition coefficient (Wildman–Crippen LogP) is 2.23. The fourth-order valence-electron chi connectivity index (χ4n) is 2.17. The number of nitrogens with one attached hydrogen (secondary N) is 2. The molecule has 0 fully saturated rings. The number of halogens is 1. The van der Waals surface area contributed by atoms with Gasteiger partial charge in [0.25, 0.3) is 0 Å². The number of imidazole rings is 1. The predicted molar refractivity (Wildman–Crippen MR) is 80.0 cm³/mol. The van der Waals surface area contributed by atoms with Gasteiger partial charge in [-0.1, -0.05) is 12.8 Å². The molecule has 1 heterocycles. The number of rotatable bonds is 8. The number of fused-ring (bicyclic) bond motifs is 1. The van der Waals surface area contributed by atoms with E-state index in [0.29, 0.717) is 36.4 Å². The molecule has 5 nitrogen and oxygen atoms in total. The van der Waals surface area contributed by atoms with Crippen molar-refractivity contribution in [3.63, 3.8) is 0 Å². The maximum Gasteiger partial charge on any atom is 0.220 e. The van der Waals surface area contributed by atoms with E-state index < -0.39 is 0 Å². The van der Waals surface area contributed by atoms with Crippen molar-refractivity contribution in [1.82, 2.24) is 15.3 Å². The Hall–Kier alpha value is -1.95. The Kier molecular flexibility index (Phi) is 5.68. The van der Waals surface area contributed by atoms with Crippen LogP contribution in [0, 0.1) is 5.82 Å². The molecule has 1 amide bonds. The summed E-state index contributed by atoms with van der Waals surface area (Å²) in [6.07, 6.45) is 4.49. The molecule has 0 saturated carbocycles. The molecule has 6 heteroatoms. The van der Waals surface area contributed by atoms with E-state index in [1.165, 1.54) is 12.1 Å². The van der Waals surface area contributed by atoms with Crippen LogP contribution in [0.1, 0.15) is 37.9 Å². The number of unbranched alkanes of at least 4 members (excludes halogenated alkanes) is 3. The minimum atomic E-state index is -0.306. The molecule has 0 unspecified atom stereocenters. The van der Waals surface area contributed by atoms with Gasteiger partial charge in [0.15, 0.2) is 0 Å². The summed E-state index contributed by atoms with van der Waals surface area (Å²) in [6, 6.07) is 4.38. The Bertz CT molecular complexity index is 596. The van der Waals surface area contributed by atoms with Gasteiger partial charge in [0.05, 0.1) is 17.6 Å². The third-order valence-corrected chi connectivity index (χ3v) is 3.30. The molecule has 0 aliphatic carbocycles. The van der Waals surface area contributed by atoms with Gasteiger partial charge in [-0.05, 0) is 37.6 Å². The summed E-state index contributed by atoms with van der Waals surface area (Å²) in [5, 5.41) is 2.81. The SMILES string of the molecule is NCCCCCCC(=O)NCc1nc2ccc(F)cc2[nH]1. The highest BCUT2D eigenvalue weighted by Crippen LogP contribution is 2.12. The van der Waals surface area contributed by atoms with E-state index in [1.807, 2.05) is 0 Å². The first kappa shape index (κ1) is 15.4. The molecule has 2 aromatic rings. The van der Waals surface area contributed by atoms with E-state index in [-0.39, 0.29) is 11.7 Å². The number of aromatic nitrogens is 2. The molecule has 0 radical (unpaired) electrons. The van der Waals surface area contributed by atoms with Crippen LogP contribution in [0.3, 0.4) is 0 Å². The van der Waals surface area contributed by atoms with Gasteiger partial charge in [-0.2, -0.15) is 0 Å². The van der Waals surface area contributed by atoms with Gasteiger partial charge < -0.3 is 16.0 Å². The number of nitrogens with zero attached hydrogens (tertiary/aromatic N) is 1. The van der Waals surface area contributed by atoms with Crippen molar-refractivity contribution in [2.24, 2.45) is 5.73 Å². The molecule has 0 bridgehead atoms. The molecule has 4 N–H and O–H groups in total. The van der Waals surface area contributed by atoms with Crippen molar-refractivity contribution in [1.29, 1.82) is 0 Å². The zero-order valence-electron chi connectivity index (χ0n) is 12.0. The van der Waals surface area contributed by atoms with Crippen molar-refractivity contribution in [2.75, 3.05) is 6.54 Å². The van der Waals surface area contributed by atoms with Gasteiger partial charge in [0.2, 0.25) is 5.91 Å². The van der Waals surface area contributed by atoms with Gasteiger partial charge in [-0.15, -0.1) is 0 Å². The van der Waals surface area contributed by atoms with Gasteiger partial charge in [0, 0.05) is 6.42 Å². The lowest BCUT2D eigenvalue weighted by Crippen LogP contribution is -2.22. The zero-order chi connectivity index (χ0) is 15.1. The fraction of sp³-hybridized carbons (Fsp3) is 0.467. The summed E-state index contributed by atoms with van der Waals surface area (Å²) in [6.45, 7) is 1.04. The Morgan fingerprint density at radius 3 is 2.90 bits per heavy atom. The first-order valence-electron chi connectivity index (χ1n) is 7.30. The third kappa shape index (κ3) is 4.82. The lowest BCUT2D eigenvalue weighted by Gasteiger charge is -2.03. The van der Waals surface area contributed by atoms with Crippen LogP contribution in [-0.2, 0) is 11.3 Å². The molecule has 0 aliphatic rings. The number of H-pyrrole nitrogens is 1. The van der Waals surface area contributed by atoms with Gasteiger partial charge in [-0.3, -0.25) is 4.79 Å². The lowest BCUT2D eigenvalue weighted by molar-refractivity contribution is -0.121. The molecule has 114 valence electrons. The Labute approximate surface area is 123 Å². The monoisotopic (exact) mass is 292 g/mol. The molecule has 0 spiro atoms. The summed E-state index contributed by atoms with van der Waals surface area (Å²) in [7, 11) is 0. The summed E-state index contributed by atoms with van der Waals surface area (Å²) in [5.74, 6) is 0.334. The van der Waals surface area contributed by atoms with Crippen molar-refractivity contribution in [2.45, 2.75) is 38.6 Å².